The summed E-state index contributed by atoms with van der Waals surface area (Å²) in [6.07, 6.45) is 4.47. The molecule has 1 fully saturated rings. The van der Waals surface area contributed by atoms with Gasteiger partial charge in [-0.3, -0.25) is 4.90 Å². The zero-order valence-corrected chi connectivity index (χ0v) is 13.4. The van der Waals surface area contributed by atoms with Gasteiger partial charge >= 0.3 is 0 Å². The summed E-state index contributed by atoms with van der Waals surface area (Å²) in [5.74, 6) is 0.931. The number of fused-ring (bicyclic) bond motifs is 1. The lowest BCUT2D eigenvalue weighted by molar-refractivity contribution is 0.0758. The summed E-state index contributed by atoms with van der Waals surface area (Å²) >= 11 is 0. The fraction of sp³-hybridized carbons (Fsp3) is 0.625. The third-order valence-electron chi connectivity index (χ3n) is 5.33. The van der Waals surface area contributed by atoms with Crippen LogP contribution in [-0.4, -0.2) is 39.2 Å². The number of rotatable bonds is 4. The van der Waals surface area contributed by atoms with Gasteiger partial charge in [-0.05, 0) is 43.9 Å². The first-order valence-corrected chi connectivity index (χ1v) is 9.38. The molecule has 2 N–H and O–H groups in total. The second kappa shape index (κ2) is 5.38. The normalized spacial score (nSPS) is 28.1. The molecule has 3 rings (SSSR count). The summed E-state index contributed by atoms with van der Waals surface area (Å²) in [7, 11) is -1.06. The van der Waals surface area contributed by atoms with Crippen LogP contribution >= 0.6 is 0 Å². The van der Waals surface area contributed by atoms with Crippen molar-refractivity contribution in [1.29, 1.82) is 0 Å². The van der Waals surface area contributed by atoms with Crippen LogP contribution < -0.4 is 5.73 Å². The Bertz CT molecular complexity index is 625. The van der Waals surface area contributed by atoms with Gasteiger partial charge < -0.3 is 5.73 Å². The van der Waals surface area contributed by atoms with Crippen molar-refractivity contribution < 1.29 is 8.42 Å². The van der Waals surface area contributed by atoms with Gasteiger partial charge in [0, 0.05) is 13.1 Å². The number of hydrogen-bond donors (Lipinski definition) is 1. The van der Waals surface area contributed by atoms with Gasteiger partial charge in [0.1, 0.15) is 0 Å². The van der Waals surface area contributed by atoms with Crippen LogP contribution in [0.2, 0.25) is 0 Å². The van der Waals surface area contributed by atoms with Crippen molar-refractivity contribution in [2.24, 2.45) is 11.7 Å². The molecule has 0 amide bonds. The molecule has 1 aromatic carbocycles. The second-order valence-corrected chi connectivity index (χ2v) is 8.56. The average molecular weight is 308 g/mol. The van der Waals surface area contributed by atoms with Crippen LogP contribution in [0.1, 0.15) is 31.2 Å². The van der Waals surface area contributed by atoms with Crippen molar-refractivity contribution in [2.45, 2.75) is 36.1 Å². The second-order valence-electron chi connectivity index (χ2n) is 6.48. The highest BCUT2D eigenvalue weighted by atomic mass is 32.2. The van der Waals surface area contributed by atoms with Crippen molar-refractivity contribution >= 4 is 9.84 Å². The highest BCUT2D eigenvalue weighted by Gasteiger charge is 2.44. The van der Waals surface area contributed by atoms with Gasteiger partial charge in [0.2, 0.25) is 0 Å². The van der Waals surface area contributed by atoms with Crippen molar-refractivity contribution in [3.63, 3.8) is 0 Å². The maximum atomic E-state index is 12.3. The van der Waals surface area contributed by atoms with E-state index >= 15 is 0 Å². The molecular formula is C16H24N2O2S. The fourth-order valence-electron chi connectivity index (χ4n) is 3.67. The van der Waals surface area contributed by atoms with E-state index < -0.39 is 9.84 Å². The highest BCUT2D eigenvalue weighted by molar-refractivity contribution is 7.91. The van der Waals surface area contributed by atoms with Crippen molar-refractivity contribution in [2.75, 3.05) is 25.9 Å². The van der Waals surface area contributed by atoms with E-state index in [1.165, 1.54) is 19.3 Å². The Balaban J connectivity index is 2.01. The third-order valence-corrected chi connectivity index (χ3v) is 7.10. The number of sulfone groups is 1. The first-order chi connectivity index (χ1) is 9.99. The molecule has 0 radical (unpaired) electrons. The van der Waals surface area contributed by atoms with Crippen molar-refractivity contribution in [3.8, 4) is 0 Å². The minimum absolute atomic E-state index is 0.191. The summed E-state index contributed by atoms with van der Waals surface area (Å²) in [5, 5.41) is 0. The lowest BCUT2D eigenvalue weighted by Gasteiger charge is -2.47. The van der Waals surface area contributed by atoms with Crippen molar-refractivity contribution in [1.82, 2.24) is 4.90 Å². The van der Waals surface area contributed by atoms with E-state index in [0.717, 1.165) is 18.0 Å². The minimum atomic E-state index is -3.16. The smallest absolute Gasteiger partial charge is 0.178 e. The SMILES string of the molecule is CN(CC1CCC1)C1(CN)CCS(=O)(=O)c2ccccc21. The number of nitrogens with two attached hydrogens (primary N) is 1. The maximum absolute atomic E-state index is 12.3. The first-order valence-electron chi connectivity index (χ1n) is 7.73. The van der Waals surface area contributed by atoms with Crippen LogP contribution in [0.4, 0.5) is 0 Å². The molecule has 116 valence electrons. The van der Waals surface area contributed by atoms with Crippen molar-refractivity contribution in [3.05, 3.63) is 29.8 Å². The van der Waals surface area contributed by atoms with Gasteiger partial charge in [0.25, 0.3) is 0 Å². The summed E-state index contributed by atoms with van der Waals surface area (Å²) in [6.45, 7) is 1.47. The van der Waals surface area contributed by atoms with Crippen LogP contribution in [0.3, 0.4) is 0 Å². The summed E-state index contributed by atoms with van der Waals surface area (Å²) in [4.78, 5) is 2.78. The van der Waals surface area contributed by atoms with Gasteiger partial charge in [-0.15, -0.1) is 0 Å². The highest BCUT2D eigenvalue weighted by Crippen LogP contribution is 2.41. The number of nitrogens with zero attached hydrogens (tertiary/aromatic N) is 1. The van der Waals surface area contributed by atoms with E-state index in [1.54, 1.807) is 12.1 Å². The van der Waals surface area contributed by atoms with Gasteiger partial charge in [0.15, 0.2) is 9.84 Å². The largest absolute Gasteiger partial charge is 0.328 e. The molecule has 1 unspecified atom stereocenters. The summed E-state index contributed by atoms with van der Waals surface area (Å²) < 4.78 is 24.7. The van der Waals surface area contributed by atoms with E-state index in [2.05, 4.69) is 11.9 Å². The van der Waals surface area contributed by atoms with E-state index in [4.69, 9.17) is 5.73 Å². The van der Waals surface area contributed by atoms with Gasteiger partial charge in [-0.25, -0.2) is 8.42 Å². The molecule has 4 nitrogen and oxygen atoms in total. The molecule has 0 bridgehead atoms. The van der Waals surface area contributed by atoms with E-state index in [9.17, 15) is 8.42 Å². The first kappa shape index (κ1) is 15.0. The molecule has 1 atom stereocenters. The molecule has 1 saturated carbocycles. The quantitative estimate of drug-likeness (QED) is 0.920. The Morgan fingerprint density at radius 2 is 2.05 bits per heavy atom. The fourth-order valence-corrected chi connectivity index (χ4v) is 5.38. The molecule has 5 heteroatoms. The summed E-state index contributed by atoms with van der Waals surface area (Å²) in [6, 6.07) is 7.39. The topological polar surface area (TPSA) is 63.4 Å². The summed E-state index contributed by atoms with van der Waals surface area (Å²) in [5.41, 5.74) is 6.69. The average Bonchev–Trinajstić information content (AvgIpc) is 2.44. The van der Waals surface area contributed by atoms with Crippen LogP contribution in [0, 0.1) is 5.92 Å². The maximum Gasteiger partial charge on any atom is 0.178 e. The molecule has 1 aliphatic heterocycles. The predicted octanol–water partition coefficient (Wildman–Crippen LogP) is 1.75. The van der Waals surface area contributed by atoms with E-state index in [-0.39, 0.29) is 11.3 Å². The minimum Gasteiger partial charge on any atom is -0.328 e. The zero-order chi connectivity index (χ0) is 15.1. The Morgan fingerprint density at radius 1 is 1.33 bits per heavy atom. The van der Waals surface area contributed by atoms with Crippen LogP contribution in [0.25, 0.3) is 0 Å². The molecule has 2 aliphatic rings. The molecule has 1 heterocycles. The van der Waals surface area contributed by atoms with Gasteiger partial charge in [-0.1, -0.05) is 24.6 Å². The van der Waals surface area contributed by atoms with E-state index in [1.807, 2.05) is 12.1 Å². The zero-order valence-electron chi connectivity index (χ0n) is 12.6. The van der Waals surface area contributed by atoms with Crippen LogP contribution in [0.5, 0.6) is 0 Å². The Morgan fingerprint density at radius 3 is 2.67 bits per heavy atom. The molecule has 0 aromatic heterocycles. The predicted molar refractivity (Wildman–Crippen MR) is 83.8 cm³/mol. The van der Waals surface area contributed by atoms with Gasteiger partial charge in [0.05, 0.1) is 16.2 Å². The molecule has 0 spiro atoms. The molecular weight excluding hydrogens is 284 g/mol. The molecule has 21 heavy (non-hydrogen) atoms. The lowest BCUT2D eigenvalue weighted by Crippen LogP contribution is -2.54. The third kappa shape index (κ3) is 2.41. The standard InChI is InChI=1S/C16H24N2O2S/c1-18(11-13-5-4-6-13)16(12-17)9-10-21(19,20)15-8-3-2-7-14(15)16/h2-3,7-8,13H,4-6,9-12,17H2,1H3. The Kier molecular flexibility index (Phi) is 3.84. The van der Waals surface area contributed by atoms with Gasteiger partial charge in [-0.2, -0.15) is 0 Å². The molecule has 1 aliphatic carbocycles. The van der Waals surface area contributed by atoms with E-state index in [0.29, 0.717) is 17.9 Å². The Labute approximate surface area is 127 Å². The van der Waals surface area contributed by atoms with Crippen LogP contribution in [-0.2, 0) is 15.4 Å². The molecule has 1 aromatic rings. The van der Waals surface area contributed by atoms with Crippen LogP contribution in [0.15, 0.2) is 29.2 Å². The molecule has 0 saturated heterocycles. The number of hydrogen-bond acceptors (Lipinski definition) is 4. The Hall–Kier alpha value is -0.910. The number of likely N-dealkylation sites (N-methyl/N-ethyl adjacent to an activating group) is 1. The monoisotopic (exact) mass is 308 g/mol. The lowest BCUT2D eigenvalue weighted by atomic mass is 9.81. The number of benzene rings is 1.